The van der Waals surface area contributed by atoms with E-state index in [2.05, 4.69) is 22.8 Å². The second-order valence-corrected chi connectivity index (χ2v) is 6.81. The Morgan fingerprint density at radius 1 is 1.23 bits per heavy atom. The molecule has 132 valence electrons. The van der Waals surface area contributed by atoms with Gasteiger partial charge < -0.3 is 10.6 Å². The summed E-state index contributed by atoms with van der Waals surface area (Å²) < 4.78 is 0. The summed E-state index contributed by atoms with van der Waals surface area (Å²) in [6, 6.07) is 12.8. The molecular weight excluding hydrogens is 330 g/mol. The van der Waals surface area contributed by atoms with Crippen LogP contribution in [0.15, 0.2) is 54.6 Å². The summed E-state index contributed by atoms with van der Waals surface area (Å²) in [6.45, 7) is 1.50. The van der Waals surface area contributed by atoms with E-state index in [4.69, 9.17) is 0 Å². The number of amides is 1. The Morgan fingerprint density at radius 2 is 2.00 bits per heavy atom. The number of carbonyl (C=O) groups is 1. The number of carbonyl (C=O) groups excluding carboxylic acids is 1. The van der Waals surface area contributed by atoms with Crippen LogP contribution < -0.4 is 10.6 Å². The summed E-state index contributed by atoms with van der Waals surface area (Å²) in [7, 11) is 0. The fourth-order valence-corrected chi connectivity index (χ4v) is 4.01. The molecule has 0 fully saturated rings. The van der Waals surface area contributed by atoms with E-state index in [9.17, 15) is 14.9 Å². The molecule has 6 heteroatoms. The maximum Gasteiger partial charge on any atom is 0.269 e. The van der Waals surface area contributed by atoms with E-state index >= 15 is 0 Å². The second-order valence-electron chi connectivity index (χ2n) is 6.81. The van der Waals surface area contributed by atoms with Gasteiger partial charge in [-0.25, -0.2) is 0 Å². The lowest BCUT2D eigenvalue weighted by Gasteiger charge is -2.37. The number of non-ortho nitro benzene ring substituents is 1. The van der Waals surface area contributed by atoms with Crippen molar-refractivity contribution in [3.8, 4) is 0 Å². The Labute approximate surface area is 151 Å². The maximum atomic E-state index is 11.3. The molecular formula is C20H19N3O3. The van der Waals surface area contributed by atoms with Crippen LogP contribution in [-0.2, 0) is 4.79 Å². The molecule has 3 atom stereocenters. The largest absolute Gasteiger partial charge is 0.378 e. The first-order chi connectivity index (χ1) is 12.5. The number of rotatable bonds is 3. The Balaban J connectivity index is 1.68. The van der Waals surface area contributed by atoms with Crippen molar-refractivity contribution in [2.24, 2.45) is 5.92 Å². The third-order valence-corrected chi connectivity index (χ3v) is 5.15. The molecule has 2 N–H and O–H groups in total. The highest BCUT2D eigenvalue weighted by Gasteiger charge is 2.38. The fraction of sp³-hybridized carbons (Fsp3) is 0.250. The first kappa shape index (κ1) is 16.3. The summed E-state index contributed by atoms with van der Waals surface area (Å²) in [5.74, 6) is 0.521. The predicted molar refractivity (Wildman–Crippen MR) is 100 cm³/mol. The average Bonchev–Trinajstić information content (AvgIpc) is 3.11. The Bertz CT molecular complexity index is 905. The van der Waals surface area contributed by atoms with Crippen molar-refractivity contribution in [1.29, 1.82) is 0 Å². The predicted octanol–water partition coefficient (Wildman–Crippen LogP) is 4.38. The molecule has 0 aromatic heterocycles. The summed E-state index contributed by atoms with van der Waals surface area (Å²) in [5, 5.41) is 17.3. The van der Waals surface area contributed by atoms with Crippen molar-refractivity contribution < 1.29 is 9.72 Å². The van der Waals surface area contributed by atoms with Crippen molar-refractivity contribution in [3.05, 3.63) is 75.9 Å². The number of hydrogen-bond donors (Lipinski definition) is 2. The van der Waals surface area contributed by atoms with Gasteiger partial charge in [-0.15, -0.1) is 0 Å². The molecule has 4 rings (SSSR count). The van der Waals surface area contributed by atoms with Gasteiger partial charge in [0.15, 0.2) is 0 Å². The number of nitro groups is 1. The topological polar surface area (TPSA) is 84.3 Å². The minimum atomic E-state index is -0.378. The summed E-state index contributed by atoms with van der Waals surface area (Å²) in [5.41, 5.74) is 4.16. The SMILES string of the molecule is CC(=O)Nc1ccc2c(c1)[C@H]1C=CC[C@H]1[C@@H](c1ccc([N+](=O)[O-])cc1)N2. The third kappa shape index (κ3) is 2.83. The van der Waals surface area contributed by atoms with Gasteiger partial charge in [-0.05, 0) is 41.7 Å². The molecule has 1 aliphatic heterocycles. The minimum Gasteiger partial charge on any atom is -0.378 e. The first-order valence-corrected chi connectivity index (χ1v) is 8.62. The van der Waals surface area contributed by atoms with E-state index in [0.717, 1.165) is 23.4 Å². The highest BCUT2D eigenvalue weighted by Crippen LogP contribution is 2.50. The average molecular weight is 349 g/mol. The third-order valence-electron chi connectivity index (χ3n) is 5.15. The van der Waals surface area contributed by atoms with Crippen LogP contribution in [0.5, 0.6) is 0 Å². The number of anilines is 2. The molecule has 26 heavy (non-hydrogen) atoms. The number of allylic oxidation sites excluding steroid dienone is 2. The number of nitro benzene ring substituents is 1. The molecule has 1 aliphatic carbocycles. The molecule has 1 amide bonds. The summed E-state index contributed by atoms with van der Waals surface area (Å²) in [4.78, 5) is 21.8. The molecule has 0 radical (unpaired) electrons. The van der Waals surface area contributed by atoms with Crippen molar-refractivity contribution in [1.82, 2.24) is 0 Å². The van der Waals surface area contributed by atoms with Crippen LogP contribution >= 0.6 is 0 Å². The molecule has 0 saturated carbocycles. The van der Waals surface area contributed by atoms with Crippen LogP contribution in [0, 0.1) is 16.0 Å². The minimum absolute atomic E-state index is 0.0870. The summed E-state index contributed by atoms with van der Waals surface area (Å²) >= 11 is 0. The molecule has 6 nitrogen and oxygen atoms in total. The maximum absolute atomic E-state index is 11.3. The van der Waals surface area contributed by atoms with E-state index in [1.54, 1.807) is 12.1 Å². The number of benzene rings is 2. The Kier molecular flexibility index (Phi) is 3.95. The zero-order chi connectivity index (χ0) is 18.3. The lowest BCUT2D eigenvalue weighted by molar-refractivity contribution is -0.384. The first-order valence-electron chi connectivity index (χ1n) is 8.62. The zero-order valence-corrected chi connectivity index (χ0v) is 14.3. The quantitative estimate of drug-likeness (QED) is 0.489. The molecule has 2 aromatic rings. The molecule has 0 saturated heterocycles. The second kappa shape index (κ2) is 6.29. The van der Waals surface area contributed by atoms with Gasteiger partial charge in [-0.3, -0.25) is 14.9 Å². The smallest absolute Gasteiger partial charge is 0.269 e. The molecule has 0 spiro atoms. The van der Waals surface area contributed by atoms with Crippen molar-refractivity contribution in [2.45, 2.75) is 25.3 Å². The monoisotopic (exact) mass is 349 g/mol. The van der Waals surface area contributed by atoms with E-state index in [0.29, 0.717) is 5.92 Å². The van der Waals surface area contributed by atoms with Gasteiger partial charge in [0, 0.05) is 36.3 Å². The van der Waals surface area contributed by atoms with Crippen LogP contribution in [-0.4, -0.2) is 10.8 Å². The number of fused-ring (bicyclic) bond motifs is 3. The van der Waals surface area contributed by atoms with E-state index in [1.807, 2.05) is 30.3 Å². The van der Waals surface area contributed by atoms with Crippen molar-refractivity contribution in [2.75, 3.05) is 10.6 Å². The van der Waals surface area contributed by atoms with Crippen LogP contribution in [0.1, 0.15) is 36.4 Å². The number of hydrogen-bond acceptors (Lipinski definition) is 4. The Hall–Kier alpha value is -3.15. The van der Waals surface area contributed by atoms with Gasteiger partial charge in [0.1, 0.15) is 0 Å². The van der Waals surface area contributed by atoms with E-state index < -0.39 is 0 Å². The number of nitrogens with zero attached hydrogens (tertiary/aromatic N) is 1. The lowest BCUT2D eigenvalue weighted by Crippen LogP contribution is -2.29. The van der Waals surface area contributed by atoms with Gasteiger partial charge in [-0.1, -0.05) is 24.3 Å². The highest BCUT2D eigenvalue weighted by atomic mass is 16.6. The van der Waals surface area contributed by atoms with Crippen LogP contribution in [0.4, 0.5) is 17.1 Å². The molecule has 2 aliphatic rings. The van der Waals surface area contributed by atoms with Gasteiger partial charge in [0.05, 0.1) is 11.0 Å². The summed E-state index contributed by atoms with van der Waals surface area (Å²) in [6.07, 6.45) is 5.36. The standard InChI is InChI=1S/C20H19N3O3/c1-12(24)21-14-7-10-19-18(11-14)16-3-2-4-17(16)20(22-19)13-5-8-15(9-6-13)23(25)26/h2-3,5-11,16-17,20,22H,4H2,1H3,(H,21,24)/t16-,17+,20+/m0/s1. The molecule has 0 unspecified atom stereocenters. The van der Waals surface area contributed by atoms with E-state index in [1.165, 1.54) is 12.5 Å². The van der Waals surface area contributed by atoms with Crippen molar-refractivity contribution in [3.63, 3.8) is 0 Å². The number of nitrogens with one attached hydrogen (secondary N) is 2. The van der Waals surface area contributed by atoms with E-state index in [-0.39, 0.29) is 28.5 Å². The lowest BCUT2D eigenvalue weighted by atomic mass is 9.77. The Morgan fingerprint density at radius 3 is 2.69 bits per heavy atom. The van der Waals surface area contributed by atoms with Crippen molar-refractivity contribution >= 4 is 23.0 Å². The molecule has 2 aromatic carbocycles. The van der Waals surface area contributed by atoms with Crippen LogP contribution in [0.3, 0.4) is 0 Å². The van der Waals surface area contributed by atoms with Gasteiger partial charge in [0.2, 0.25) is 5.91 Å². The van der Waals surface area contributed by atoms with Crippen LogP contribution in [0.2, 0.25) is 0 Å². The zero-order valence-electron chi connectivity index (χ0n) is 14.3. The normalized spacial score (nSPS) is 22.9. The van der Waals surface area contributed by atoms with Crippen LogP contribution in [0.25, 0.3) is 0 Å². The fourth-order valence-electron chi connectivity index (χ4n) is 4.01. The molecule has 0 bridgehead atoms. The van der Waals surface area contributed by atoms with Gasteiger partial charge in [-0.2, -0.15) is 0 Å². The highest BCUT2D eigenvalue weighted by molar-refractivity contribution is 5.89. The van der Waals surface area contributed by atoms with Gasteiger partial charge in [0.25, 0.3) is 5.69 Å². The molecule has 1 heterocycles. The van der Waals surface area contributed by atoms with Gasteiger partial charge >= 0.3 is 0 Å².